The lowest BCUT2D eigenvalue weighted by Gasteiger charge is -2.23. The van der Waals surface area contributed by atoms with Crippen LogP contribution in [0.2, 0.25) is 0 Å². The van der Waals surface area contributed by atoms with Crippen molar-refractivity contribution in [3.05, 3.63) is 53.1 Å². The van der Waals surface area contributed by atoms with Crippen LogP contribution in [0.15, 0.2) is 36.4 Å². The van der Waals surface area contributed by atoms with Crippen LogP contribution >= 0.6 is 0 Å². The minimum absolute atomic E-state index is 0.824. The van der Waals surface area contributed by atoms with E-state index in [1.807, 2.05) is 18.2 Å². The summed E-state index contributed by atoms with van der Waals surface area (Å²) in [5, 5.41) is 2.30. The molecule has 3 heteroatoms. The highest BCUT2D eigenvalue weighted by Gasteiger charge is 2.23. The molecule has 0 bridgehead atoms. The first kappa shape index (κ1) is 17.2. The Morgan fingerprint density at radius 3 is 1.88 bits per heavy atom. The van der Waals surface area contributed by atoms with Crippen LogP contribution in [0.1, 0.15) is 16.7 Å². The molecule has 25 heavy (non-hydrogen) atoms. The summed E-state index contributed by atoms with van der Waals surface area (Å²) < 4.78 is 17.2. The molecule has 0 unspecified atom stereocenters. The second kappa shape index (κ2) is 6.67. The number of ether oxygens (including phenoxy) is 3. The van der Waals surface area contributed by atoms with Gasteiger partial charge in [-0.05, 0) is 48.7 Å². The van der Waals surface area contributed by atoms with Crippen molar-refractivity contribution in [1.29, 1.82) is 0 Å². The van der Waals surface area contributed by atoms with E-state index in [0.717, 1.165) is 55.8 Å². The third kappa shape index (κ3) is 2.60. The van der Waals surface area contributed by atoms with Gasteiger partial charge in [-0.15, -0.1) is 0 Å². The second-order valence-electron chi connectivity index (χ2n) is 6.18. The van der Waals surface area contributed by atoms with Gasteiger partial charge in [0.05, 0.1) is 21.3 Å². The minimum Gasteiger partial charge on any atom is -0.496 e. The second-order valence-corrected chi connectivity index (χ2v) is 6.18. The third-order valence-corrected chi connectivity index (χ3v) is 4.96. The molecule has 0 spiro atoms. The van der Waals surface area contributed by atoms with E-state index >= 15 is 0 Å². The Morgan fingerprint density at radius 2 is 1.24 bits per heavy atom. The van der Waals surface area contributed by atoms with E-state index in [9.17, 15) is 0 Å². The van der Waals surface area contributed by atoms with Gasteiger partial charge in [0.25, 0.3) is 0 Å². The quantitative estimate of drug-likeness (QED) is 0.633. The molecular weight excluding hydrogens is 312 g/mol. The van der Waals surface area contributed by atoms with Crippen molar-refractivity contribution < 1.29 is 14.2 Å². The topological polar surface area (TPSA) is 27.7 Å². The summed E-state index contributed by atoms with van der Waals surface area (Å²) >= 11 is 0. The SMILES string of the molecule is COc1ccc2ccccc2c1-c1c(C)c(OC)c(C)c(C)c1OC. The number of rotatable bonds is 4. The van der Waals surface area contributed by atoms with Crippen LogP contribution in [-0.4, -0.2) is 21.3 Å². The van der Waals surface area contributed by atoms with Gasteiger partial charge in [-0.2, -0.15) is 0 Å². The largest absolute Gasteiger partial charge is 0.496 e. The maximum Gasteiger partial charge on any atom is 0.130 e. The Morgan fingerprint density at radius 1 is 0.600 bits per heavy atom. The molecule has 0 aromatic heterocycles. The van der Waals surface area contributed by atoms with Gasteiger partial charge in [0.15, 0.2) is 0 Å². The maximum absolute atomic E-state index is 5.83. The van der Waals surface area contributed by atoms with Crippen LogP contribution < -0.4 is 14.2 Å². The van der Waals surface area contributed by atoms with E-state index in [1.165, 1.54) is 0 Å². The zero-order chi connectivity index (χ0) is 18.1. The van der Waals surface area contributed by atoms with Gasteiger partial charge in [0, 0.05) is 16.7 Å². The van der Waals surface area contributed by atoms with Gasteiger partial charge in [-0.1, -0.05) is 30.3 Å². The number of hydrogen-bond donors (Lipinski definition) is 0. The summed E-state index contributed by atoms with van der Waals surface area (Å²) in [4.78, 5) is 0. The van der Waals surface area contributed by atoms with E-state index in [0.29, 0.717) is 0 Å². The van der Waals surface area contributed by atoms with Crippen LogP contribution in [0.4, 0.5) is 0 Å². The maximum atomic E-state index is 5.83. The van der Waals surface area contributed by atoms with Crippen LogP contribution in [0.3, 0.4) is 0 Å². The number of fused-ring (bicyclic) bond motifs is 1. The summed E-state index contributed by atoms with van der Waals surface area (Å²) in [6.07, 6.45) is 0. The van der Waals surface area contributed by atoms with Gasteiger partial charge in [0.1, 0.15) is 17.2 Å². The van der Waals surface area contributed by atoms with Crippen molar-refractivity contribution in [3.8, 4) is 28.4 Å². The van der Waals surface area contributed by atoms with Crippen LogP contribution in [0, 0.1) is 20.8 Å². The first-order valence-corrected chi connectivity index (χ1v) is 8.33. The fourth-order valence-corrected chi connectivity index (χ4v) is 3.64. The first-order chi connectivity index (χ1) is 12.0. The fourth-order valence-electron chi connectivity index (χ4n) is 3.64. The Balaban J connectivity index is 2.53. The third-order valence-electron chi connectivity index (χ3n) is 4.96. The molecule has 3 aromatic carbocycles. The molecule has 0 fully saturated rings. The normalized spacial score (nSPS) is 10.8. The van der Waals surface area contributed by atoms with Gasteiger partial charge < -0.3 is 14.2 Å². The number of benzene rings is 3. The monoisotopic (exact) mass is 336 g/mol. The van der Waals surface area contributed by atoms with E-state index in [4.69, 9.17) is 14.2 Å². The lowest BCUT2D eigenvalue weighted by molar-refractivity contribution is 0.395. The number of hydrogen-bond acceptors (Lipinski definition) is 3. The molecule has 0 aliphatic heterocycles. The molecular formula is C22H24O3. The first-order valence-electron chi connectivity index (χ1n) is 8.33. The van der Waals surface area contributed by atoms with Crippen molar-refractivity contribution >= 4 is 10.8 Å². The molecule has 0 N–H and O–H groups in total. The van der Waals surface area contributed by atoms with Crippen molar-refractivity contribution in [3.63, 3.8) is 0 Å². The van der Waals surface area contributed by atoms with Gasteiger partial charge >= 0.3 is 0 Å². The van der Waals surface area contributed by atoms with E-state index < -0.39 is 0 Å². The zero-order valence-corrected chi connectivity index (χ0v) is 15.7. The molecule has 0 saturated carbocycles. The molecule has 0 aliphatic rings. The molecule has 3 nitrogen and oxygen atoms in total. The number of methoxy groups -OCH3 is 3. The highest BCUT2D eigenvalue weighted by molar-refractivity contribution is 6.02. The smallest absolute Gasteiger partial charge is 0.130 e. The average molecular weight is 336 g/mol. The van der Waals surface area contributed by atoms with Crippen LogP contribution in [-0.2, 0) is 0 Å². The molecule has 0 atom stereocenters. The van der Waals surface area contributed by atoms with Crippen molar-refractivity contribution in [2.45, 2.75) is 20.8 Å². The molecule has 0 heterocycles. The lowest BCUT2D eigenvalue weighted by Crippen LogP contribution is -2.02. The molecule has 0 saturated heterocycles. The molecule has 0 amide bonds. The standard InChI is InChI=1S/C22H24O3/c1-13-14(2)22(25-6)19(15(3)21(13)24-5)20-17-10-8-7-9-16(17)11-12-18(20)23-4/h7-12H,1-6H3. The van der Waals surface area contributed by atoms with Gasteiger partial charge in [-0.25, -0.2) is 0 Å². The molecule has 130 valence electrons. The molecule has 3 rings (SSSR count). The minimum atomic E-state index is 0.824. The Bertz CT molecular complexity index is 942. The lowest BCUT2D eigenvalue weighted by atomic mass is 9.89. The van der Waals surface area contributed by atoms with Crippen molar-refractivity contribution in [2.24, 2.45) is 0 Å². The van der Waals surface area contributed by atoms with Gasteiger partial charge in [0.2, 0.25) is 0 Å². The highest BCUT2D eigenvalue weighted by atomic mass is 16.5. The molecule has 0 radical (unpaired) electrons. The predicted molar refractivity (Wildman–Crippen MR) is 103 cm³/mol. The molecule has 0 aliphatic carbocycles. The summed E-state index contributed by atoms with van der Waals surface area (Å²) in [7, 11) is 5.13. The Kier molecular flexibility index (Phi) is 4.58. The summed E-state index contributed by atoms with van der Waals surface area (Å²) in [6.45, 7) is 6.20. The summed E-state index contributed by atoms with van der Waals surface area (Å²) in [5.74, 6) is 2.58. The Hall–Kier alpha value is -2.68. The molecule has 3 aromatic rings. The summed E-state index contributed by atoms with van der Waals surface area (Å²) in [6, 6.07) is 12.4. The van der Waals surface area contributed by atoms with Crippen molar-refractivity contribution in [1.82, 2.24) is 0 Å². The zero-order valence-electron chi connectivity index (χ0n) is 15.7. The van der Waals surface area contributed by atoms with E-state index in [1.54, 1.807) is 21.3 Å². The van der Waals surface area contributed by atoms with E-state index in [-0.39, 0.29) is 0 Å². The van der Waals surface area contributed by atoms with E-state index in [2.05, 4.69) is 39.0 Å². The average Bonchev–Trinajstić information content (AvgIpc) is 2.64. The van der Waals surface area contributed by atoms with Crippen LogP contribution in [0.25, 0.3) is 21.9 Å². The predicted octanol–water partition coefficient (Wildman–Crippen LogP) is 5.46. The fraction of sp³-hybridized carbons (Fsp3) is 0.273. The Labute approximate surface area is 149 Å². The van der Waals surface area contributed by atoms with Gasteiger partial charge in [-0.3, -0.25) is 0 Å². The van der Waals surface area contributed by atoms with Crippen LogP contribution in [0.5, 0.6) is 17.2 Å². The van der Waals surface area contributed by atoms with Crippen molar-refractivity contribution in [2.75, 3.05) is 21.3 Å². The summed E-state index contributed by atoms with van der Waals surface area (Å²) in [5.41, 5.74) is 5.29. The highest BCUT2D eigenvalue weighted by Crippen LogP contribution is 2.48.